The molecule has 0 fully saturated rings. The lowest BCUT2D eigenvalue weighted by Gasteiger charge is -2.28. The summed E-state index contributed by atoms with van der Waals surface area (Å²) in [5, 5.41) is 0. The fraction of sp³-hybridized carbons (Fsp3) is 0.800. The van der Waals surface area contributed by atoms with Crippen LogP contribution in [0.25, 0.3) is 0 Å². The van der Waals surface area contributed by atoms with Gasteiger partial charge in [0.25, 0.3) is 0 Å². The molecule has 0 N–H and O–H groups in total. The molecule has 0 aromatic heterocycles. The predicted molar refractivity (Wildman–Crippen MR) is 85.1 cm³/mol. The number of carbonyl (C=O) groups excluding carboxylic acids is 1. The van der Waals surface area contributed by atoms with Crippen LogP contribution in [0.1, 0.15) is 47.5 Å². The molecule has 5 nitrogen and oxygen atoms in total. The number of esters is 1. The molecule has 0 radical (unpaired) electrons. The van der Waals surface area contributed by atoms with Gasteiger partial charge in [-0.25, -0.2) is 4.79 Å². The molecule has 0 saturated carbocycles. The Bertz CT molecular complexity index is 300. The van der Waals surface area contributed by atoms with E-state index in [4.69, 9.17) is 18.0 Å². The molecule has 0 unspecified atom stereocenters. The summed E-state index contributed by atoms with van der Waals surface area (Å²) in [7, 11) is -2.61. The van der Waals surface area contributed by atoms with Crippen LogP contribution in [0.4, 0.5) is 0 Å². The Labute approximate surface area is 130 Å². The number of rotatable bonds is 12. The van der Waals surface area contributed by atoms with E-state index in [9.17, 15) is 4.79 Å². The zero-order chi connectivity index (χ0) is 16.1. The lowest BCUT2D eigenvalue weighted by atomic mass is 10.2. The second-order valence-electron chi connectivity index (χ2n) is 4.60. The summed E-state index contributed by atoms with van der Waals surface area (Å²) in [6.07, 6.45) is 3.07. The molecule has 0 rings (SSSR count). The summed E-state index contributed by atoms with van der Waals surface area (Å²) in [5.74, 6) is -0.286. The number of hydrogen-bond donors (Lipinski definition) is 0. The average Bonchev–Trinajstić information content (AvgIpc) is 2.44. The molecule has 0 aliphatic heterocycles. The highest BCUT2D eigenvalue weighted by Gasteiger charge is 2.39. The van der Waals surface area contributed by atoms with Gasteiger partial charge in [-0.3, -0.25) is 0 Å². The first-order valence-electron chi connectivity index (χ1n) is 7.79. The minimum atomic E-state index is -2.61. The van der Waals surface area contributed by atoms with E-state index < -0.39 is 8.80 Å². The third-order valence-corrected chi connectivity index (χ3v) is 6.04. The van der Waals surface area contributed by atoms with Gasteiger partial charge in [0.15, 0.2) is 0 Å². The quantitative estimate of drug-likeness (QED) is 0.239. The van der Waals surface area contributed by atoms with Gasteiger partial charge in [0, 0.05) is 31.9 Å². The van der Waals surface area contributed by atoms with Crippen molar-refractivity contribution in [2.45, 2.75) is 53.5 Å². The number of ether oxygens (including phenoxy) is 1. The lowest BCUT2D eigenvalue weighted by Crippen LogP contribution is -2.46. The maximum atomic E-state index is 11.5. The second-order valence-corrected chi connectivity index (χ2v) is 7.33. The first-order chi connectivity index (χ1) is 10.0. The standard InChI is InChI=1S/C15H30O5Si/c1-6-14(5)13-15(16)17-11-10-12-21(18-7-2,19-8-3)20-9-4/h13H,6-12H2,1-5H3. The Kier molecular flexibility index (Phi) is 11.5. The summed E-state index contributed by atoms with van der Waals surface area (Å²) in [6, 6.07) is 0.659. The van der Waals surface area contributed by atoms with Crippen LogP contribution in [-0.2, 0) is 22.8 Å². The van der Waals surface area contributed by atoms with Crippen LogP contribution in [0.3, 0.4) is 0 Å². The van der Waals surface area contributed by atoms with E-state index in [-0.39, 0.29) is 5.97 Å². The van der Waals surface area contributed by atoms with Crippen LogP contribution in [0.5, 0.6) is 0 Å². The summed E-state index contributed by atoms with van der Waals surface area (Å²) in [4.78, 5) is 11.5. The molecule has 0 atom stereocenters. The van der Waals surface area contributed by atoms with Crippen molar-refractivity contribution in [3.05, 3.63) is 11.6 Å². The minimum absolute atomic E-state index is 0.286. The van der Waals surface area contributed by atoms with E-state index in [1.54, 1.807) is 0 Å². The van der Waals surface area contributed by atoms with Crippen LogP contribution in [0.15, 0.2) is 11.6 Å². The smallest absolute Gasteiger partial charge is 0.463 e. The largest absolute Gasteiger partial charge is 0.501 e. The van der Waals surface area contributed by atoms with E-state index in [1.165, 1.54) is 6.08 Å². The fourth-order valence-corrected chi connectivity index (χ4v) is 4.39. The molecular weight excluding hydrogens is 288 g/mol. The summed E-state index contributed by atoms with van der Waals surface area (Å²) >= 11 is 0. The van der Waals surface area contributed by atoms with Gasteiger partial charge < -0.3 is 18.0 Å². The van der Waals surface area contributed by atoms with Crippen LogP contribution >= 0.6 is 0 Å². The maximum absolute atomic E-state index is 11.5. The van der Waals surface area contributed by atoms with Gasteiger partial charge in [-0.2, -0.15) is 0 Å². The van der Waals surface area contributed by atoms with Crippen molar-refractivity contribution < 1.29 is 22.8 Å². The van der Waals surface area contributed by atoms with Crippen molar-refractivity contribution in [1.82, 2.24) is 0 Å². The third kappa shape index (κ3) is 9.03. The van der Waals surface area contributed by atoms with E-state index in [1.807, 2.05) is 34.6 Å². The predicted octanol–water partition coefficient (Wildman–Crippen LogP) is 3.32. The van der Waals surface area contributed by atoms with Gasteiger partial charge in [0.2, 0.25) is 0 Å². The molecule has 124 valence electrons. The van der Waals surface area contributed by atoms with Crippen molar-refractivity contribution in [3.8, 4) is 0 Å². The topological polar surface area (TPSA) is 54.0 Å². The van der Waals surface area contributed by atoms with Gasteiger partial charge in [-0.1, -0.05) is 12.5 Å². The van der Waals surface area contributed by atoms with E-state index in [2.05, 4.69) is 0 Å². The average molecular weight is 318 g/mol. The molecular formula is C15H30O5Si. The number of allylic oxidation sites excluding steroid dienone is 1. The first-order valence-corrected chi connectivity index (χ1v) is 9.72. The zero-order valence-corrected chi connectivity index (χ0v) is 15.1. The Balaban J connectivity index is 4.27. The molecule has 21 heavy (non-hydrogen) atoms. The maximum Gasteiger partial charge on any atom is 0.501 e. The van der Waals surface area contributed by atoms with E-state index in [0.717, 1.165) is 12.0 Å². The second kappa shape index (κ2) is 11.9. The summed E-state index contributed by atoms with van der Waals surface area (Å²) in [5.41, 5.74) is 1.02. The van der Waals surface area contributed by atoms with Crippen LogP contribution in [-0.4, -0.2) is 41.2 Å². The fourth-order valence-electron chi connectivity index (χ4n) is 1.81. The highest BCUT2D eigenvalue weighted by Crippen LogP contribution is 2.18. The molecule has 0 aromatic rings. The highest BCUT2D eigenvalue weighted by molar-refractivity contribution is 6.60. The minimum Gasteiger partial charge on any atom is -0.463 e. The van der Waals surface area contributed by atoms with Crippen LogP contribution in [0.2, 0.25) is 6.04 Å². The summed E-state index contributed by atoms with van der Waals surface area (Å²) < 4.78 is 22.4. The van der Waals surface area contributed by atoms with Crippen LogP contribution in [0, 0.1) is 0 Å². The van der Waals surface area contributed by atoms with Crippen molar-refractivity contribution in [1.29, 1.82) is 0 Å². The highest BCUT2D eigenvalue weighted by atomic mass is 28.4. The molecule has 6 heteroatoms. The molecule has 0 aliphatic rings. The van der Waals surface area contributed by atoms with Crippen molar-refractivity contribution in [3.63, 3.8) is 0 Å². The van der Waals surface area contributed by atoms with Crippen molar-refractivity contribution in [2.75, 3.05) is 26.4 Å². The van der Waals surface area contributed by atoms with Crippen LogP contribution < -0.4 is 0 Å². The van der Waals surface area contributed by atoms with Gasteiger partial charge in [-0.05, 0) is 40.5 Å². The molecule has 0 bridgehead atoms. The van der Waals surface area contributed by atoms with Gasteiger partial charge in [-0.15, -0.1) is 0 Å². The molecule has 0 aromatic carbocycles. The van der Waals surface area contributed by atoms with E-state index in [0.29, 0.717) is 38.9 Å². The Morgan fingerprint density at radius 2 is 1.52 bits per heavy atom. The normalized spacial score (nSPS) is 12.5. The SMILES string of the molecule is CCO[Si](CCCOC(=O)C=C(C)CC)(OCC)OCC. The lowest BCUT2D eigenvalue weighted by molar-refractivity contribution is -0.137. The molecule has 0 heterocycles. The van der Waals surface area contributed by atoms with Crippen molar-refractivity contribution in [2.24, 2.45) is 0 Å². The Morgan fingerprint density at radius 3 is 1.95 bits per heavy atom. The van der Waals surface area contributed by atoms with Gasteiger partial charge in [0.05, 0.1) is 6.61 Å². The molecule has 0 spiro atoms. The third-order valence-electron chi connectivity index (χ3n) is 2.89. The van der Waals surface area contributed by atoms with Crippen molar-refractivity contribution >= 4 is 14.8 Å². The van der Waals surface area contributed by atoms with Gasteiger partial charge in [0.1, 0.15) is 0 Å². The summed E-state index contributed by atoms with van der Waals surface area (Å²) in [6.45, 7) is 11.7. The Hall–Kier alpha value is -0.693. The zero-order valence-electron chi connectivity index (χ0n) is 14.1. The monoisotopic (exact) mass is 318 g/mol. The number of carbonyl (C=O) groups is 1. The Morgan fingerprint density at radius 1 is 1.00 bits per heavy atom. The first kappa shape index (κ1) is 20.3. The van der Waals surface area contributed by atoms with E-state index >= 15 is 0 Å². The molecule has 0 amide bonds. The number of hydrogen-bond acceptors (Lipinski definition) is 5. The molecule has 0 saturated heterocycles. The molecule has 0 aliphatic carbocycles. The van der Waals surface area contributed by atoms with Gasteiger partial charge >= 0.3 is 14.8 Å².